The lowest BCUT2D eigenvalue weighted by Gasteiger charge is -2.29. The summed E-state index contributed by atoms with van der Waals surface area (Å²) >= 11 is 0. The monoisotopic (exact) mass is 895 g/mol. The van der Waals surface area contributed by atoms with Crippen molar-refractivity contribution in [2.45, 2.75) is 257 Å². The fourth-order valence-electron chi connectivity index (χ4n) is 7.63. The van der Waals surface area contributed by atoms with Gasteiger partial charge in [0.05, 0.1) is 39.9 Å². The third-order valence-corrected chi connectivity index (χ3v) is 12.8. The molecule has 0 spiro atoms. The topological polar surface area (TPSA) is 108 Å². The molecule has 0 rings (SSSR count). The Balaban J connectivity index is 4.34. The summed E-state index contributed by atoms with van der Waals surface area (Å²) in [6.07, 6.45) is 56.4. The lowest BCUT2D eigenvalue weighted by Crippen LogP contribution is -2.45. The van der Waals surface area contributed by atoms with Crippen molar-refractivity contribution in [3.63, 3.8) is 0 Å². The summed E-state index contributed by atoms with van der Waals surface area (Å²) in [7, 11) is 1.24. The normalized spacial score (nSPS) is 14.4. The molecule has 2 N–H and O–H groups in total. The molecule has 9 heteroatoms. The molecular formula is C53H103N2O6P. The summed E-state index contributed by atoms with van der Waals surface area (Å²) in [6, 6.07) is -0.905. The Labute approximate surface area is 385 Å². The molecular weight excluding hydrogens is 792 g/mol. The molecule has 8 nitrogen and oxygen atoms in total. The number of unbranched alkanes of at least 4 members (excludes halogenated alkanes) is 31. The molecule has 0 heterocycles. The van der Waals surface area contributed by atoms with Gasteiger partial charge in [0.15, 0.2) is 0 Å². The summed E-state index contributed by atoms with van der Waals surface area (Å²) in [5, 5.41) is 13.8. The molecule has 0 aromatic heterocycles. The van der Waals surface area contributed by atoms with E-state index in [-0.39, 0.29) is 12.5 Å². The number of carbonyl (C=O) groups excluding carboxylic acids is 1. The number of likely N-dealkylation sites (N-methyl/N-ethyl adjacent to an activating group) is 1. The van der Waals surface area contributed by atoms with Crippen molar-refractivity contribution in [2.24, 2.45) is 0 Å². The highest BCUT2D eigenvalue weighted by Crippen LogP contribution is 2.38. The Bertz CT molecular complexity index is 1110. The molecule has 0 radical (unpaired) electrons. The maximum absolute atomic E-state index is 12.9. The number of quaternary nitrogens is 1. The van der Waals surface area contributed by atoms with Crippen LogP contribution in [0.4, 0.5) is 0 Å². The summed E-state index contributed by atoms with van der Waals surface area (Å²) in [5.41, 5.74) is 0. The summed E-state index contributed by atoms with van der Waals surface area (Å²) in [4.78, 5) is 25.4. The van der Waals surface area contributed by atoms with Gasteiger partial charge in [0, 0.05) is 6.42 Å². The van der Waals surface area contributed by atoms with Gasteiger partial charge in [-0.1, -0.05) is 217 Å². The molecule has 0 saturated carbocycles. The van der Waals surface area contributed by atoms with Crippen LogP contribution in [-0.2, 0) is 18.4 Å². The quantitative estimate of drug-likeness (QED) is 0.0273. The van der Waals surface area contributed by atoms with E-state index in [0.29, 0.717) is 17.4 Å². The highest BCUT2D eigenvalue weighted by molar-refractivity contribution is 7.45. The fourth-order valence-corrected chi connectivity index (χ4v) is 8.36. The molecule has 0 aliphatic heterocycles. The fraction of sp³-hybridized carbons (Fsp3) is 0.868. The van der Waals surface area contributed by atoms with Gasteiger partial charge >= 0.3 is 0 Å². The van der Waals surface area contributed by atoms with Gasteiger partial charge in [0.25, 0.3) is 7.82 Å². The second-order valence-electron chi connectivity index (χ2n) is 19.2. The number of aliphatic hydroxyl groups excluding tert-OH is 1. The lowest BCUT2D eigenvalue weighted by molar-refractivity contribution is -0.870. The molecule has 366 valence electrons. The number of phosphoric ester groups is 1. The van der Waals surface area contributed by atoms with Gasteiger partial charge in [-0.05, 0) is 57.8 Å². The summed E-state index contributed by atoms with van der Waals surface area (Å²) < 4.78 is 23.3. The zero-order chi connectivity index (χ0) is 45.7. The number of amides is 1. The summed E-state index contributed by atoms with van der Waals surface area (Å²) in [5.74, 6) is -0.210. The number of nitrogens with one attached hydrogen (secondary N) is 1. The molecule has 3 unspecified atom stereocenters. The van der Waals surface area contributed by atoms with Gasteiger partial charge in [-0.2, -0.15) is 0 Å². The third-order valence-electron chi connectivity index (χ3n) is 11.8. The van der Waals surface area contributed by atoms with Crippen LogP contribution in [0.3, 0.4) is 0 Å². The smallest absolute Gasteiger partial charge is 0.268 e. The largest absolute Gasteiger partial charge is 0.756 e. The van der Waals surface area contributed by atoms with E-state index < -0.39 is 26.6 Å². The highest BCUT2D eigenvalue weighted by atomic mass is 31.2. The maximum Gasteiger partial charge on any atom is 0.268 e. The third kappa shape index (κ3) is 46.7. The minimum absolute atomic E-state index is 0.00679. The van der Waals surface area contributed by atoms with Crippen molar-refractivity contribution in [2.75, 3.05) is 40.9 Å². The van der Waals surface area contributed by atoms with Crippen LogP contribution in [0.15, 0.2) is 36.5 Å². The molecule has 0 aliphatic carbocycles. The number of aliphatic hydroxyl groups is 1. The van der Waals surface area contributed by atoms with Crippen LogP contribution >= 0.6 is 7.82 Å². The molecule has 0 aliphatic rings. The van der Waals surface area contributed by atoms with Crippen LogP contribution in [0.25, 0.3) is 0 Å². The molecule has 1 amide bonds. The number of allylic oxidation sites excluding steroid dienone is 5. The Hall–Kier alpha value is -1.28. The Morgan fingerprint density at radius 1 is 0.548 bits per heavy atom. The first kappa shape index (κ1) is 60.7. The van der Waals surface area contributed by atoms with E-state index in [9.17, 15) is 19.4 Å². The van der Waals surface area contributed by atoms with Crippen LogP contribution in [0.5, 0.6) is 0 Å². The van der Waals surface area contributed by atoms with Crippen LogP contribution in [0, 0.1) is 0 Å². The van der Waals surface area contributed by atoms with E-state index in [0.717, 1.165) is 38.5 Å². The van der Waals surface area contributed by atoms with Crippen molar-refractivity contribution in [1.82, 2.24) is 5.32 Å². The second-order valence-corrected chi connectivity index (χ2v) is 20.6. The van der Waals surface area contributed by atoms with E-state index in [1.54, 1.807) is 6.08 Å². The number of phosphoric acid groups is 1. The number of hydrogen-bond acceptors (Lipinski definition) is 6. The van der Waals surface area contributed by atoms with E-state index >= 15 is 0 Å². The van der Waals surface area contributed by atoms with Gasteiger partial charge in [-0.3, -0.25) is 9.36 Å². The van der Waals surface area contributed by atoms with Crippen molar-refractivity contribution >= 4 is 13.7 Å². The van der Waals surface area contributed by atoms with Gasteiger partial charge < -0.3 is 28.8 Å². The predicted octanol–water partition coefficient (Wildman–Crippen LogP) is 14.8. The molecule has 3 atom stereocenters. The van der Waals surface area contributed by atoms with Crippen molar-refractivity contribution in [3.05, 3.63) is 36.5 Å². The maximum atomic E-state index is 12.9. The van der Waals surface area contributed by atoms with Crippen LogP contribution < -0.4 is 10.2 Å². The Morgan fingerprint density at radius 3 is 1.31 bits per heavy atom. The molecule has 62 heavy (non-hydrogen) atoms. The standard InChI is InChI=1S/C53H103N2O6P/c1-6-8-10-12-14-16-18-20-22-24-26-27-28-29-30-32-34-36-38-40-42-44-46-52(56)51(50-61-62(58,59)60-49-48-55(3,4)5)54-53(57)47-45-43-41-39-37-35-33-31-25-23-21-19-17-15-13-11-9-7-2/h23,25,36,38,44,46,51-52,56H,6-22,24,26-35,37,39-43,45,47-50H2,1-5H3,(H-,54,57,58,59)/b25-23-,38-36+,46-44+. The molecule has 0 saturated heterocycles. The Morgan fingerprint density at radius 2 is 0.903 bits per heavy atom. The van der Waals surface area contributed by atoms with Gasteiger partial charge in [-0.15, -0.1) is 0 Å². The number of hydrogen-bond donors (Lipinski definition) is 2. The first-order valence-corrected chi connectivity index (χ1v) is 27.8. The van der Waals surface area contributed by atoms with E-state index in [1.807, 2.05) is 27.2 Å². The first-order valence-electron chi connectivity index (χ1n) is 26.4. The average molecular weight is 895 g/mol. The minimum atomic E-state index is -4.60. The number of nitrogens with zero attached hydrogens (tertiary/aromatic N) is 1. The van der Waals surface area contributed by atoms with Crippen LogP contribution in [0.2, 0.25) is 0 Å². The minimum Gasteiger partial charge on any atom is -0.756 e. The van der Waals surface area contributed by atoms with Gasteiger partial charge in [0.1, 0.15) is 13.2 Å². The second kappa shape index (κ2) is 44.9. The zero-order valence-corrected chi connectivity index (χ0v) is 42.5. The highest BCUT2D eigenvalue weighted by Gasteiger charge is 2.23. The molecule has 0 bridgehead atoms. The predicted molar refractivity (Wildman–Crippen MR) is 265 cm³/mol. The average Bonchev–Trinajstić information content (AvgIpc) is 3.23. The molecule has 0 aromatic carbocycles. The van der Waals surface area contributed by atoms with Crippen molar-refractivity contribution in [3.8, 4) is 0 Å². The lowest BCUT2D eigenvalue weighted by atomic mass is 10.0. The van der Waals surface area contributed by atoms with Gasteiger partial charge in [-0.25, -0.2) is 0 Å². The van der Waals surface area contributed by atoms with E-state index in [4.69, 9.17) is 9.05 Å². The van der Waals surface area contributed by atoms with E-state index in [2.05, 4.69) is 43.5 Å². The zero-order valence-electron chi connectivity index (χ0n) is 41.6. The number of rotatable bonds is 48. The van der Waals surface area contributed by atoms with Crippen LogP contribution in [0.1, 0.15) is 245 Å². The molecule has 0 fully saturated rings. The van der Waals surface area contributed by atoms with Crippen molar-refractivity contribution < 1.29 is 32.9 Å². The Kier molecular flexibility index (Phi) is 44.0. The molecule has 0 aromatic rings. The van der Waals surface area contributed by atoms with E-state index in [1.165, 1.54) is 186 Å². The summed E-state index contributed by atoms with van der Waals surface area (Å²) in [6.45, 7) is 4.64. The number of carbonyl (C=O) groups is 1. The first-order chi connectivity index (χ1) is 30.0. The van der Waals surface area contributed by atoms with Crippen molar-refractivity contribution in [1.29, 1.82) is 0 Å². The van der Waals surface area contributed by atoms with Crippen LogP contribution in [-0.4, -0.2) is 68.5 Å². The SMILES string of the molecule is CCCCCCCCC/C=C\CCCCCCCCCC(=O)NC(COP(=O)([O-])OCC[N+](C)(C)C)C(O)/C=C/CC/C=C/CCCCCCCCCCCCCCCCCC. The van der Waals surface area contributed by atoms with Gasteiger partial charge in [0.2, 0.25) is 5.91 Å².